The van der Waals surface area contributed by atoms with E-state index in [0.29, 0.717) is 16.1 Å². The molecule has 0 bridgehead atoms. The normalized spacial score (nSPS) is 12.5. The minimum absolute atomic E-state index is 0.171. The van der Waals surface area contributed by atoms with Gasteiger partial charge >= 0.3 is 0 Å². The molecule has 5 rings (SSSR count). The van der Waals surface area contributed by atoms with Crippen LogP contribution in [0.2, 0.25) is 5.02 Å². The van der Waals surface area contributed by atoms with Crippen LogP contribution in [0.5, 0.6) is 0 Å². The molecule has 0 N–H and O–H groups in total. The third-order valence-electron chi connectivity index (χ3n) is 5.42. The third-order valence-corrected chi connectivity index (χ3v) is 5.84. The molecule has 1 atom stereocenters. The first-order chi connectivity index (χ1) is 14.5. The molecular formula is C23H18ClN5O. The number of hydrogen-bond donors (Lipinski definition) is 0. The second kappa shape index (κ2) is 7.07. The van der Waals surface area contributed by atoms with E-state index in [2.05, 4.69) is 21.4 Å². The Hall–Kier alpha value is -3.51. The highest BCUT2D eigenvalue weighted by Crippen LogP contribution is 2.24. The number of fused-ring (bicyclic) bond motifs is 2. The Morgan fingerprint density at radius 2 is 1.90 bits per heavy atom. The van der Waals surface area contributed by atoms with Crippen molar-refractivity contribution in [2.24, 2.45) is 0 Å². The summed E-state index contributed by atoms with van der Waals surface area (Å²) in [6, 6.07) is 17.2. The number of aryl methyl sites for hydroxylation is 1. The predicted molar refractivity (Wildman–Crippen MR) is 118 cm³/mol. The lowest BCUT2D eigenvalue weighted by atomic mass is 10.1. The van der Waals surface area contributed by atoms with Gasteiger partial charge in [-0.15, -0.1) is 5.10 Å². The van der Waals surface area contributed by atoms with Gasteiger partial charge in [-0.05, 0) is 67.4 Å². The Morgan fingerprint density at radius 1 is 1.03 bits per heavy atom. The molecule has 5 aromatic rings. The van der Waals surface area contributed by atoms with Crippen molar-refractivity contribution in [1.82, 2.24) is 24.5 Å². The zero-order valence-corrected chi connectivity index (χ0v) is 17.2. The first kappa shape index (κ1) is 18.5. The van der Waals surface area contributed by atoms with Crippen molar-refractivity contribution >= 4 is 33.5 Å². The lowest BCUT2D eigenvalue weighted by Gasteiger charge is -2.14. The Labute approximate surface area is 177 Å². The van der Waals surface area contributed by atoms with Crippen LogP contribution in [0.25, 0.3) is 27.6 Å². The molecule has 0 spiro atoms. The quantitative estimate of drug-likeness (QED) is 0.428. The molecule has 0 aliphatic carbocycles. The average Bonchev–Trinajstić information content (AvgIpc) is 3.20. The maximum Gasteiger partial charge on any atom is 0.282 e. The summed E-state index contributed by atoms with van der Waals surface area (Å²) in [5.41, 5.74) is 4.47. The van der Waals surface area contributed by atoms with Gasteiger partial charge in [0.15, 0.2) is 5.52 Å². The summed E-state index contributed by atoms with van der Waals surface area (Å²) in [5, 5.41) is 10.2. The van der Waals surface area contributed by atoms with Crippen molar-refractivity contribution in [3.63, 3.8) is 0 Å². The van der Waals surface area contributed by atoms with Gasteiger partial charge in [-0.2, -0.15) is 0 Å². The Bertz CT molecular complexity index is 1470. The van der Waals surface area contributed by atoms with Gasteiger partial charge in [-0.1, -0.05) is 28.9 Å². The van der Waals surface area contributed by atoms with E-state index in [1.165, 1.54) is 0 Å². The van der Waals surface area contributed by atoms with Gasteiger partial charge < -0.3 is 0 Å². The maximum absolute atomic E-state index is 13.4. The summed E-state index contributed by atoms with van der Waals surface area (Å²) in [4.78, 5) is 17.7. The Balaban J connectivity index is 1.65. The highest BCUT2D eigenvalue weighted by molar-refractivity contribution is 6.31. The summed E-state index contributed by atoms with van der Waals surface area (Å²) < 4.78 is 3.29. The van der Waals surface area contributed by atoms with Crippen LogP contribution in [0.4, 0.5) is 0 Å². The second-order valence-corrected chi connectivity index (χ2v) is 7.73. The molecule has 3 aromatic heterocycles. The van der Waals surface area contributed by atoms with Crippen LogP contribution in [0.3, 0.4) is 0 Å². The molecule has 6 nitrogen and oxygen atoms in total. The minimum atomic E-state index is -0.173. The largest absolute Gasteiger partial charge is 0.282 e. The van der Waals surface area contributed by atoms with Crippen LogP contribution < -0.4 is 5.56 Å². The summed E-state index contributed by atoms with van der Waals surface area (Å²) in [6.45, 7) is 3.92. The SMILES string of the molecule is Cc1cc(-n2ccc3nnn([C@@H](C)c4ccc5ncccc5c4)c3c2=O)ccc1Cl. The van der Waals surface area contributed by atoms with Crippen LogP contribution in [0.1, 0.15) is 24.1 Å². The van der Waals surface area contributed by atoms with E-state index in [4.69, 9.17) is 11.6 Å². The Kier molecular flexibility index (Phi) is 4.37. The van der Waals surface area contributed by atoms with Crippen molar-refractivity contribution in [1.29, 1.82) is 0 Å². The monoisotopic (exact) mass is 415 g/mol. The molecular weight excluding hydrogens is 398 g/mol. The zero-order valence-electron chi connectivity index (χ0n) is 16.5. The first-order valence-corrected chi connectivity index (χ1v) is 9.98. The van der Waals surface area contributed by atoms with Gasteiger partial charge in [0.2, 0.25) is 0 Å². The van der Waals surface area contributed by atoms with Crippen LogP contribution >= 0.6 is 11.6 Å². The Morgan fingerprint density at radius 3 is 2.73 bits per heavy atom. The van der Waals surface area contributed by atoms with E-state index in [-0.39, 0.29) is 11.6 Å². The molecule has 0 radical (unpaired) electrons. The van der Waals surface area contributed by atoms with E-state index in [0.717, 1.165) is 27.7 Å². The average molecular weight is 416 g/mol. The minimum Gasteiger partial charge on any atom is -0.282 e. The van der Waals surface area contributed by atoms with Gasteiger partial charge in [0, 0.05) is 28.5 Å². The number of hydrogen-bond acceptors (Lipinski definition) is 4. The molecule has 7 heteroatoms. The number of pyridine rings is 2. The lowest BCUT2D eigenvalue weighted by Crippen LogP contribution is -2.22. The van der Waals surface area contributed by atoms with Crippen molar-refractivity contribution < 1.29 is 0 Å². The zero-order chi connectivity index (χ0) is 20.8. The number of nitrogens with zero attached hydrogens (tertiary/aromatic N) is 5. The van der Waals surface area contributed by atoms with Crippen molar-refractivity contribution in [3.8, 4) is 5.69 Å². The topological polar surface area (TPSA) is 65.6 Å². The molecule has 0 aliphatic heterocycles. The predicted octanol–water partition coefficient (Wildman–Crippen LogP) is 4.70. The van der Waals surface area contributed by atoms with Crippen LogP contribution in [0, 0.1) is 6.92 Å². The molecule has 0 unspecified atom stereocenters. The van der Waals surface area contributed by atoms with Gasteiger partial charge in [0.1, 0.15) is 5.52 Å². The van der Waals surface area contributed by atoms with E-state index in [1.54, 1.807) is 33.8 Å². The molecule has 0 aliphatic rings. The van der Waals surface area contributed by atoms with E-state index >= 15 is 0 Å². The summed E-state index contributed by atoms with van der Waals surface area (Å²) in [5.74, 6) is 0. The van der Waals surface area contributed by atoms with Gasteiger partial charge in [0.05, 0.1) is 11.6 Å². The van der Waals surface area contributed by atoms with Gasteiger partial charge in [0.25, 0.3) is 5.56 Å². The maximum atomic E-state index is 13.4. The molecule has 2 aromatic carbocycles. The van der Waals surface area contributed by atoms with E-state index in [1.807, 2.05) is 50.2 Å². The lowest BCUT2D eigenvalue weighted by molar-refractivity contribution is 0.558. The fourth-order valence-corrected chi connectivity index (χ4v) is 3.82. The van der Waals surface area contributed by atoms with Crippen molar-refractivity contribution in [2.45, 2.75) is 19.9 Å². The molecule has 0 saturated heterocycles. The highest BCUT2D eigenvalue weighted by Gasteiger charge is 2.18. The smallest absolute Gasteiger partial charge is 0.282 e. The molecule has 0 fully saturated rings. The van der Waals surface area contributed by atoms with Crippen molar-refractivity contribution in [2.75, 3.05) is 0 Å². The fourth-order valence-electron chi connectivity index (χ4n) is 3.70. The number of halogens is 1. The number of aromatic nitrogens is 5. The van der Waals surface area contributed by atoms with E-state index < -0.39 is 0 Å². The number of benzene rings is 2. The van der Waals surface area contributed by atoms with Gasteiger partial charge in [-0.25, -0.2) is 4.68 Å². The fraction of sp³-hybridized carbons (Fsp3) is 0.130. The first-order valence-electron chi connectivity index (χ1n) is 9.61. The standard InChI is InChI=1S/C23H18ClN5O/c1-14-12-18(6-7-19(14)24)28-11-9-21-22(23(28)30)29(27-26-21)15(2)16-5-8-20-17(13-16)4-3-10-25-20/h3-13,15H,1-2H3/t15-/m0/s1. The molecule has 0 saturated carbocycles. The van der Waals surface area contributed by atoms with Gasteiger partial charge in [-0.3, -0.25) is 14.3 Å². The molecule has 3 heterocycles. The molecule has 148 valence electrons. The second-order valence-electron chi connectivity index (χ2n) is 7.32. The van der Waals surface area contributed by atoms with Crippen molar-refractivity contribution in [3.05, 3.63) is 93.5 Å². The van der Waals surface area contributed by atoms with Crippen LogP contribution in [-0.4, -0.2) is 24.5 Å². The highest BCUT2D eigenvalue weighted by atomic mass is 35.5. The summed E-state index contributed by atoms with van der Waals surface area (Å²) in [7, 11) is 0. The third kappa shape index (κ3) is 2.97. The number of rotatable bonds is 3. The molecule has 0 amide bonds. The van der Waals surface area contributed by atoms with Crippen LogP contribution in [0.15, 0.2) is 71.8 Å². The van der Waals surface area contributed by atoms with Crippen LogP contribution in [-0.2, 0) is 0 Å². The molecule has 30 heavy (non-hydrogen) atoms. The van der Waals surface area contributed by atoms with E-state index in [9.17, 15) is 4.79 Å². The summed E-state index contributed by atoms with van der Waals surface area (Å²) >= 11 is 6.15. The summed E-state index contributed by atoms with van der Waals surface area (Å²) in [6.07, 6.45) is 3.50.